The Hall–Kier alpha value is -0.263. The maximum absolute atomic E-state index is 3.71. The number of allylic oxidation sites excluding steroid dienone is 1. The minimum absolute atomic E-state index is 1.09. The molecule has 1 saturated carbocycles. The highest BCUT2D eigenvalue weighted by Crippen LogP contribution is 2.19. The van der Waals surface area contributed by atoms with E-state index < -0.39 is 8.07 Å². The van der Waals surface area contributed by atoms with Crippen molar-refractivity contribution >= 4 is 8.07 Å². The van der Waals surface area contributed by atoms with Gasteiger partial charge in [-0.2, -0.15) is 0 Å². The lowest BCUT2D eigenvalue weighted by atomic mass is 10.0. The van der Waals surface area contributed by atoms with Crippen molar-refractivity contribution in [3.63, 3.8) is 0 Å². The van der Waals surface area contributed by atoms with Crippen LogP contribution in [0.3, 0.4) is 0 Å². The SMILES string of the molecule is C[Si](C)(C)C=C=C1CCCCCCCCCCCCCC1. The molecule has 0 spiro atoms. The zero-order valence-corrected chi connectivity index (χ0v) is 16.0. The Morgan fingerprint density at radius 2 is 0.952 bits per heavy atom. The molecule has 0 aromatic rings. The molecule has 0 bridgehead atoms. The van der Waals surface area contributed by atoms with Gasteiger partial charge in [-0.15, -0.1) is 5.73 Å². The molecule has 1 heteroatoms. The Morgan fingerprint density at radius 3 is 1.29 bits per heavy atom. The predicted octanol–water partition coefficient (Wildman–Crippen LogP) is 7.42. The number of hydrogen-bond donors (Lipinski definition) is 0. The van der Waals surface area contributed by atoms with E-state index in [-0.39, 0.29) is 0 Å². The van der Waals surface area contributed by atoms with Gasteiger partial charge in [0.2, 0.25) is 0 Å². The van der Waals surface area contributed by atoms with Gasteiger partial charge < -0.3 is 0 Å². The first kappa shape index (κ1) is 18.8. The molecule has 0 amide bonds. The first-order chi connectivity index (χ1) is 10.1. The summed E-state index contributed by atoms with van der Waals surface area (Å²) in [6.45, 7) is 7.23. The van der Waals surface area contributed by atoms with Gasteiger partial charge in [-0.1, -0.05) is 89.5 Å². The van der Waals surface area contributed by atoms with Crippen LogP contribution in [-0.4, -0.2) is 8.07 Å². The lowest BCUT2D eigenvalue weighted by Gasteiger charge is -2.08. The second kappa shape index (κ2) is 11.3. The molecule has 0 aromatic carbocycles. The van der Waals surface area contributed by atoms with Gasteiger partial charge in [-0.3, -0.25) is 0 Å². The minimum atomic E-state index is -1.09. The predicted molar refractivity (Wildman–Crippen MR) is 99.6 cm³/mol. The Kier molecular flexibility index (Phi) is 10.1. The summed E-state index contributed by atoms with van der Waals surface area (Å²) in [5, 5.41) is 0. The lowest BCUT2D eigenvalue weighted by molar-refractivity contribution is 0.548. The fourth-order valence-corrected chi connectivity index (χ4v) is 3.67. The first-order valence-electron chi connectivity index (χ1n) is 9.53. The van der Waals surface area contributed by atoms with Crippen molar-refractivity contribution in [3.05, 3.63) is 17.0 Å². The molecule has 1 aliphatic rings. The molecule has 122 valence electrons. The van der Waals surface area contributed by atoms with E-state index in [2.05, 4.69) is 31.1 Å². The quantitative estimate of drug-likeness (QED) is 0.349. The van der Waals surface area contributed by atoms with Crippen molar-refractivity contribution in [2.75, 3.05) is 0 Å². The molecule has 0 radical (unpaired) electrons. The Bertz CT molecular complexity index is 297. The van der Waals surface area contributed by atoms with Crippen molar-refractivity contribution in [2.24, 2.45) is 0 Å². The molecule has 0 aromatic heterocycles. The minimum Gasteiger partial charge on any atom is -0.130 e. The normalized spacial score (nSPS) is 21.0. The maximum Gasteiger partial charge on any atom is 0.0781 e. The van der Waals surface area contributed by atoms with E-state index in [0.717, 1.165) is 0 Å². The summed E-state index contributed by atoms with van der Waals surface area (Å²) in [4.78, 5) is 0. The molecule has 0 nitrogen and oxygen atoms in total. The molecule has 1 rings (SSSR count). The van der Waals surface area contributed by atoms with Crippen molar-refractivity contribution in [1.29, 1.82) is 0 Å². The van der Waals surface area contributed by atoms with Crippen molar-refractivity contribution in [3.8, 4) is 0 Å². The van der Waals surface area contributed by atoms with Crippen LogP contribution in [-0.2, 0) is 0 Å². The molecule has 0 N–H and O–H groups in total. The largest absolute Gasteiger partial charge is 0.130 e. The topological polar surface area (TPSA) is 0 Å². The van der Waals surface area contributed by atoms with Gasteiger partial charge in [0, 0.05) is 0 Å². The van der Waals surface area contributed by atoms with Gasteiger partial charge in [0.25, 0.3) is 0 Å². The molecule has 0 heterocycles. The van der Waals surface area contributed by atoms with Crippen LogP contribution in [0.2, 0.25) is 19.6 Å². The summed E-state index contributed by atoms with van der Waals surface area (Å²) in [5.41, 5.74) is 7.75. The van der Waals surface area contributed by atoms with Crippen molar-refractivity contribution < 1.29 is 0 Å². The van der Waals surface area contributed by atoms with Crippen LogP contribution in [0, 0.1) is 0 Å². The zero-order valence-electron chi connectivity index (χ0n) is 15.0. The zero-order chi connectivity index (χ0) is 15.4. The Labute approximate surface area is 135 Å². The Morgan fingerprint density at radius 1 is 0.619 bits per heavy atom. The van der Waals surface area contributed by atoms with Crippen LogP contribution in [0.5, 0.6) is 0 Å². The molecule has 1 fully saturated rings. The maximum atomic E-state index is 3.71. The molecular formula is C20H38Si. The molecule has 0 aliphatic heterocycles. The first-order valence-corrected chi connectivity index (χ1v) is 13.1. The van der Waals surface area contributed by atoms with E-state index in [0.29, 0.717) is 0 Å². The van der Waals surface area contributed by atoms with E-state index in [4.69, 9.17) is 0 Å². The van der Waals surface area contributed by atoms with Crippen LogP contribution < -0.4 is 0 Å². The third-order valence-electron chi connectivity index (χ3n) is 4.42. The summed E-state index contributed by atoms with van der Waals surface area (Å²) < 4.78 is 0. The van der Waals surface area contributed by atoms with Gasteiger partial charge in [0.05, 0.1) is 8.07 Å². The summed E-state index contributed by atoms with van der Waals surface area (Å²) in [6.07, 6.45) is 20.0. The van der Waals surface area contributed by atoms with E-state index in [9.17, 15) is 0 Å². The monoisotopic (exact) mass is 306 g/mol. The Balaban J connectivity index is 2.49. The molecule has 0 unspecified atom stereocenters. The standard InChI is InChI=1S/C20H38Si/c1-21(2,3)19-18-20-16-14-12-10-8-6-4-5-7-9-11-13-15-17-20/h19H,4-17H2,1-3H3. The summed E-state index contributed by atoms with van der Waals surface area (Å²) in [7, 11) is -1.09. The summed E-state index contributed by atoms with van der Waals surface area (Å²) >= 11 is 0. The number of rotatable bonds is 1. The molecular weight excluding hydrogens is 268 g/mol. The van der Waals surface area contributed by atoms with Crippen LogP contribution in [0.4, 0.5) is 0 Å². The van der Waals surface area contributed by atoms with Gasteiger partial charge >= 0.3 is 0 Å². The fraction of sp³-hybridized carbons (Fsp3) is 0.850. The van der Waals surface area contributed by atoms with Gasteiger partial charge in [-0.25, -0.2) is 0 Å². The fourth-order valence-electron chi connectivity index (χ4n) is 3.03. The van der Waals surface area contributed by atoms with Crippen molar-refractivity contribution in [2.45, 2.75) is 110 Å². The summed E-state index contributed by atoms with van der Waals surface area (Å²) in [6, 6.07) is 0. The van der Waals surface area contributed by atoms with Crippen LogP contribution in [0.1, 0.15) is 89.9 Å². The van der Waals surface area contributed by atoms with Crippen LogP contribution in [0.15, 0.2) is 17.0 Å². The van der Waals surface area contributed by atoms with Gasteiger partial charge in [0.15, 0.2) is 0 Å². The summed E-state index contributed by atoms with van der Waals surface area (Å²) in [5.74, 6) is 0. The van der Waals surface area contributed by atoms with Crippen LogP contribution in [0.25, 0.3) is 0 Å². The van der Waals surface area contributed by atoms with Gasteiger partial charge in [0.1, 0.15) is 0 Å². The highest BCUT2D eigenvalue weighted by atomic mass is 28.3. The second-order valence-electron chi connectivity index (χ2n) is 8.00. The smallest absolute Gasteiger partial charge is 0.0781 e. The second-order valence-corrected chi connectivity index (χ2v) is 13.0. The average molecular weight is 307 g/mol. The lowest BCUT2D eigenvalue weighted by Crippen LogP contribution is -2.14. The van der Waals surface area contributed by atoms with Crippen LogP contribution >= 0.6 is 0 Å². The molecule has 0 saturated heterocycles. The molecule has 21 heavy (non-hydrogen) atoms. The highest BCUT2D eigenvalue weighted by molar-refractivity contribution is 6.80. The van der Waals surface area contributed by atoms with E-state index >= 15 is 0 Å². The van der Waals surface area contributed by atoms with E-state index in [1.807, 2.05) is 0 Å². The van der Waals surface area contributed by atoms with Crippen molar-refractivity contribution in [1.82, 2.24) is 0 Å². The van der Waals surface area contributed by atoms with E-state index in [1.165, 1.54) is 89.9 Å². The third-order valence-corrected chi connectivity index (χ3v) is 5.43. The van der Waals surface area contributed by atoms with Gasteiger partial charge in [-0.05, 0) is 31.3 Å². The third kappa shape index (κ3) is 12.0. The van der Waals surface area contributed by atoms with E-state index in [1.54, 1.807) is 5.57 Å². The molecule has 0 atom stereocenters. The molecule has 1 aliphatic carbocycles. The average Bonchev–Trinajstić information content (AvgIpc) is 2.43. The number of hydrogen-bond acceptors (Lipinski definition) is 0. The highest BCUT2D eigenvalue weighted by Gasteiger charge is 2.07.